The molecule has 1 saturated heterocycles. The molecular formula is C20H26N2O5S. The van der Waals surface area contributed by atoms with E-state index in [4.69, 9.17) is 9.47 Å². The van der Waals surface area contributed by atoms with Crippen molar-refractivity contribution >= 4 is 10.0 Å². The summed E-state index contributed by atoms with van der Waals surface area (Å²) in [6.07, 6.45) is 0.482. The maximum Gasteiger partial charge on any atom is 0.244 e. The van der Waals surface area contributed by atoms with E-state index < -0.39 is 10.0 Å². The number of methoxy groups -OCH3 is 2. The van der Waals surface area contributed by atoms with E-state index in [2.05, 4.69) is 9.62 Å². The highest BCUT2D eigenvalue weighted by Crippen LogP contribution is 2.28. The van der Waals surface area contributed by atoms with Crippen molar-refractivity contribution in [2.24, 2.45) is 0 Å². The molecule has 1 atom stereocenters. The summed E-state index contributed by atoms with van der Waals surface area (Å²) in [5, 5.41) is 9.72. The Morgan fingerprint density at radius 1 is 1.14 bits per heavy atom. The molecule has 1 aliphatic heterocycles. The predicted molar refractivity (Wildman–Crippen MR) is 106 cm³/mol. The van der Waals surface area contributed by atoms with Crippen molar-refractivity contribution in [1.29, 1.82) is 0 Å². The van der Waals surface area contributed by atoms with Crippen molar-refractivity contribution in [1.82, 2.24) is 9.62 Å². The average molecular weight is 407 g/mol. The van der Waals surface area contributed by atoms with Crippen LogP contribution in [0.15, 0.2) is 47.4 Å². The summed E-state index contributed by atoms with van der Waals surface area (Å²) < 4.78 is 38.7. The minimum absolute atomic E-state index is 0.0366. The first-order valence-corrected chi connectivity index (χ1v) is 10.6. The third-order valence-corrected chi connectivity index (χ3v) is 6.30. The molecule has 0 radical (unpaired) electrons. The molecule has 1 unspecified atom stereocenters. The molecule has 1 fully saturated rings. The lowest BCUT2D eigenvalue weighted by atomic mass is 10.1. The van der Waals surface area contributed by atoms with Crippen molar-refractivity contribution < 1.29 is 23.0 Å². The van der Waals surface area contributed by atoms with E-state index in [0.717, 1.165) is 24.1 Å². The Bertz CT molecular complexity index is 917. The minimum atomic E-state index is -3.80. The highest BCUT2D eigenvalue weighted by atomic mass is 32.2. The monoisotopic (exact) mass is 406 g/mol. The first-order valence-electron chi connectivity index (χ1n) is 9.12. The second kappa shape index (κ2) is 8.91. The fourth-order valence-electron chi connectivity index (χ4n) is 3.33. The molecule has 2 N–H and O–H groups in total. The van der Waals surface area contributed by atoms with Gasteiger partial charge < -0.3 is 14.6 Å². The second-order valence-electron chi connectivity index (χ2n) is 6.79. The van der Waals surface area contributed by atoms with E-state index >= 15 is 0 Å². The number of rotatable bonds is 8. The molecule has 0 spiro atoms. The van der Waals surface area contributed by atoms with E-state index in [1.54, 1.807) is 12.1 Å². The highest BCUT2D eigenvalue weighted by Gasteiger charge is 2.23. The highest BCUT2D eigenvalue weighted by molar-refractivity contribution is 7.89. The van der Waals surface area contributed by atoms with Gasteiger partial charge in [-0.2, -0.15) is 0 Å². The molecule has 1 aliphatic rings. The van der Waals surface area contributed by atoms with Crippen LogP contribution in [-0.2, 0) is 23.1 Å². The molecule has 2 aromatic carbocycles. The van der Waals surface area contributed by atoms with Crippen LogP contribution in [0.2, 0.25) is 0 Å². The van der Waals surface area contributed by atoms with Crippen molar-refractivity contribution in [3.63, 3.8) is 0 Å². The molecular weight excluding hydrogens is 380 g/mol. The minimum Gasteiger partial charge on any atom is -0.497 e. The van der Waals surface area contributed by atoms with Gasteiger partial charge in [-0.15, -0.1) is 0 Å². The average Bonchev–Trinajstić information content (AvgIpc) is 3.11. The van der Waals surface area contributed by atoms with Gasteiger partial charge in [0, 0.05) is 32.2 Å². The molecule has 0 saturated carbocycles. The summed E-state index contributed by atoms with van der Waals surface area (Å²) >= 11 is 0. The topological polar surface area (TPSA) is 88.1 Å². The van der Waals surface area contributed by atoms with Gasteiger partial charge in [-0.3, -0.25) is 4.90 Å². The summed E-state index contributed by atoms with van der Waals surface area (Å²) in [6.45, 7) is 2.32. The van der Waals surface area contributed by atoms with Crippen LogP contribution in [0.1, 0.15) is 17.5 Å². The summed E-state index contributed by atoms with van der Waals surface area (Å²) in [6, 6.07) is 12.4. The number of aliphatic hydroxyl groups is 1. The number of ether oxygens (including phenoxy) is 2. The number of aliphatic hydroxyl groups excluding tert-OH is 1. The number of β-amino-alcohol motifs (C(OH)–C–C–N with tert-alkyl or cyclic N) is 1. The van der Waals surface area contributed by atoms with E-state index in [9.17, 15) is 13.5 Å². The molecule has 1 heterocycles. The van der Waals surface area contributed by atoms with Gasteiger partial charge in [0.25, 0.3) is 0 Å². The Balaban J connectivity index is 1.77. The number of nitrogens with zero attached hydrogens (tertiary/aromatic N) is 1. The molecule has 2 aromatic rings. The van der Waals surface area contributed by atoms with E-state index in [1.807, 2.05) is 24.3 Å². The van der Waals surface area contributed by atoms with Gasteiger partial charge in [0.05, 0.1) is 20.3 Å². The van der Waals surface area contributed by atoms with Gasteiger partial charge in [0.2, 0.25) is 10.0 Å². The summed E-state index contributed by atoms with van der Waals surface area (Å²) in [4.78, 5) is 2.21. The maximum absolute atomic E-state index is 12.9. The summed E-state index contributed by atoms with van der Waals surface area (Å²) in [7, 11) is -0.881. The Morgan fingerprint density at radius 3 is 2.54 bits per heavy atom. The maximum atomic E-state index is 12.9. The summed E-state index contributed by atoms with van der Waals surface area (Å²) in [5.41, 5.74) is 1.94. The first-order chi connectivity index (χ1) is 13.4. The normalized spacial score (nSPS) is 17.6. The van der Waals surface area contributed by atoms with Crippen LogP contribution in [0.4, 0.5) is 0 Å². The zero-order valence-electron chi connectivity index (χ0n) is 16.1. The standard InChI is InChI=1S/C20H26N2O5S/c1-26-18-7-8-19(27-2)20(11-18)28(24,25)21-12-15-5-3-4-6-16(15)13-22-10-9-17(23)14-22/h3-8,11,17,21,23H,9-10,12-14H2,1-2H3. The quantitative estimate of drug-likeness (QED) is 0.694. The van der Waals surface area contributed by atoms with Crippen molar-refractivity contribution in [3.05, 3.63) is 53.6 Å². The van der Waals surface area contributed by atoms with Gasteiger partial charge in [0.15, 0.2) is 0 Å². The summed E-state index contributed by atoms with van der Waals surface area (Å²) in [5.74, 6) is 0.696. The van der Waals surface area contributed by atoms with Crippen LogP contribution in [0.3, 0.4) is 0 Å². The van der Waals surface area contributed by atoms with E-state index in [0.29, 0.717) is 18.8 Å². The fraction of sp³-hybridized carbons (Fsp3) is 0.400. The SMILES string of the molecule is COc1ccc(OC)c(S(=O)(=O)NCc2ccccc2CN2CCC(O)C2)c1. The van der Waals surface area contributed by atoms with E-state index in [1.165, 1.54) is 20.3 Å². The van der Waals surface area contributed by atoms with Gasteiger partial charge >= 0.3 is 0 Å². The number of sulfonamides is 1. The Kier molecular flexibility index (Phi) is 6.56. The Labute approximate surface area is 165 Å². The number of likely N-dealkylation sites (tertiary alicyclic amines) is 1. The van der Waals surface area contributed by atoms with Crippen molar-refractivity contribution in [2.45, 2.75) is 30.5 Å². The third kappa shape index (κ3) is 4.82. The molecule has 28 heavy (non-hydrogen) atoms. The van der Waals surface area contributed by atoms with Gasteiger partial charge in [-0.25, -0.2) is 13.1 Å². The van der Waals surface area contributed by atoms with E-state index in [-0.39, 0.29) is 23.3 Å². The van der Waals surface area contributed by atoms with Gasteiger partial charge in [0.1, 0.15) is 16.4 Å². The molecule has 0 aromatic heterocycles. The van der Waals surface area contributed by atoms with Crippen molar-refractivity contribution in [2.75, 3.05) is 27.3 Å². The van der Waals surface area contributed by atoms with Gasteiger partial charge in [-0.1, -0.05) is 24.3 Å². The molecule has 7 nitrogen and oxygen atoms in total. The molecule has 3 rings (SSSR count). The largest absolute Gasteiger partial charge is 0.497 e. The number of benzene rings is 2. The van der Waals surface area contributed by atoms with Crippen molar-refractivity contribution in [3.8, 4) is 11.5 Å². The Hall–Kier alpha value is -2.13. The van der Waals surface area contributed by atoms with Crippen LogP contribution >= 0.6 is 0 Å². The zero-order valence-corrected chi connectivity index (χ0v) is 16.9. The van der Waals surface area contributed by atoms with Gasteiger partial charge in [-0.05, 0) is 29.7 Å². The number of hydrogen-bond donors (Lipinski definition) is 2. The van der Waals surface area contributed by atoms with Crippen LogP contribution in [0.5, 0.6) is 11.5 Å². The molecule has 0 amide bonds. The predicted octanol–water partition coefficient (Wildman–Crippen LogP) is 1.75. The second-order valence-corrected chi connectivity index (χ2v) is 8.52. The van der Waals surface area contributed by atoms with Crippen LogP contribution in [0.25, 0.3) is 0 Å². The van der Waals surface area contributed by atoms with Crippen LogP contribution in [0, 0.1) is 0 Å². The molecule has 8 heteroatoms. The lowest BCUT2D eigenvalue weighted by molar-refractivity contribution is 0.174. The first kappa shape index (κ1) is 20.6. The van der Waals surface area contributed by atoms with Crippen LogP contribution in [-0.4, -0.2) is 51.8 Å². The molecule has 0 bridgehead atoms. The van der Waals surface area contributed by atoms with Crippen LogP contribution < -0.4 is 14.2 Å². The smallest absolute Gasteiger partial charge is 0.244 e. The lowest BCUT2D eigenvalue weighted by Gasteiger charge is -2.18. The number of hydrogen-bond acceptors (Lipinski definition) is 6. The zero-order chi connectivity index (χ0) is 20.1. The molecule has 0 aliphatic carbocycles. The lowest BCUT2D eigenvalue weighted by Crippen LogP contribution is -2.26. The fourth-order valence-corrected chi connectivity index (χ4v) is 4.51. The third-order valence-electron chi connectivity index (χ3n) is 4.87. The number of nitrogens with one attached hydrogen (secondary N) is 1. The Morgan fingerprint density at radius 2 is 1.89 bits per heavy atom. The molecule has 152 valence electrons.